The van der Waals surface area contributed by atoms with Crippen LogP contribution in [0.15, 0.2) is 0 Å². The van der Waals surface area contributed by atoms with Crippen molar-refractivity contribution >= 4 is 11.9 Å². The SMILES string of the molecule is CCCNc1nc(OCCC)nc(N(C)CC(F)(F)F)n1. The lowest BCUT2D eigenvalue weighted by atomic mass is 10.5. The summed E-state index contributed by atoms with van der Waals surface area (Å²) in [6, 6.07) is 0.0227. The number of aromatic nitrogens is 3. The number of halogens is 3. The van der Waals surface area contributed by atoms with E-state index in [0.717, 1.165) is 17.7 Å². The van der Waals surface area contributed by atoms with Gasteiger partial charge in [0.1, 0.15) is 6.54 Å². The highest BCUT2D eigenvalue weighted by Gasteiger charge is 2.30. The average molecular weight is 307 g/mol. The quantitative estimate of drug-likeness (QED) is 0.796. The summed E-state index contributed by atoms with van der Waals surface area (Å²) in [5.74, 6) is 0.133. The molecule has 120 valence electrons. The van der Waals surface area contributed by atoms with Crippen molar-refractivity contribution in [2.45, 2.75) is 32.9 Å². The third kappa shape index (κ3) is 6.46. The first-order valence-corrected chi connectivity index (χ1v) is 6.76. The van der Waals surface area contributed by atoms with Gasteiger partial charge in [-0.3, -0.25) is 0 Å². The number of rotatable bonds is 8. The molecule has 1 heterocycles. The summed E-state index contributed by atoms with van der Waals surface area (Å²) in [5, 5.41) is 2.92. The minimum Gasteiger partial charge on any atom is -0.463 e. The number of hydrogen-bond acceptors (Lipinski definition) is 6. The minimum absolute atomic E-state index is 0.0227. The standard InChI is InChI=1S/C12H20F3N5O/c1-4-6-16-9-17-10(20(3)8-12(13,14)15)19-11(18-9)21-7-5-2/h4-8H2,1-3H3,(H,16,17,18,19). The van der Waals surface area contributed by atoms with Crippen LogP contribution >= 0.6 is 0 Å². The fourth-order valence-electron chi connectivity index (χ4n) is 1.43. The van der Waals surface area contributed by atoms with E-state index in [0.29, 0.717) is 13.2 Å². The molecule has 0 unspecified atom stereocenters. The lowest BCUT2D eigenvalue weighted by molar-refractivity contribution is -0.119. The van der Waals surface area contributed by atoms with E-state index in [1.54, 1.807) is 0 Å². The predicted molar refractivity (Wildman–Crippen MR) is 73.7 cm³/mol. The monoisotopic (exact) mass is 307 g/mol. The van der Waals surface area contributed by atoms with Gasteiger partial charge in [-0.15, -0.1) is 0 Å². The third-order valence-corrected chi connectivity index (χ3v) is 2.33. The summed E-state index contributed by atoms with van der Waals surface area (Å²) >= 11 is 0. The van der Waals surface area contributed by atoms with E-state index in [9.17, 15) is 13.2 Å². The molecule has 0 aliphatic carbocycles. The number of ether oxygens (including phenoxy) is 1. The second-order valence-electron chi connectivity index (χ2n) is 4.49. The van der Waals surface area contributed by atoms with Crippen LogP contribution in [0.25, 0.3) is 0 Å². The zero-order valence-corrected chi connectivity index (χ0v) is 12.4. The largest absolute Gasteiger partial charge is 0.463 e. The fraction of sp³-hybridized carbons (Fsp3) is 0.750. The predicted octanol–water partition coefficient (Wildman–Crippen LogP) is 2.48. The van der Waals surface area contributed by atoms with Crippen LogP contribution in [0.5, 0.6) is 6.01 Å². The highest BCUT2D eigenvalue weighted by atomic mass is 19.4. The Morgan fingerprint density at radius 2 is 1.86 bits per heavy atom. The maximum absolute atomic E-state index is 12.4. The third-order valence-electron chi connectivity index (χ3n) is 2.33. The maximum Gasteiger partial charge on any atom is 0.406 e. The molecule has 1 aromatic heterocycles. The van der Waals surface area contributed by atoms with Crippen LogP contribution in [-0.2, 0) is 0 Å². The Morgan fingerprint density at radius 1 is 1.14 bits per heavy atom. The van der Waals surface area contributed by atoms with E-state index < -0.39 is 12.7 Å². The zero-order chi connectivity index (χ0) is 15.9. The van der Waals surface area contributed by atoms with E-state index in [4.69, 9.17) is 4.74 Å². The molecule has 0 aliphatic rings. The minimum atomic E-state index is -4.33. The Labute approximate surface area is 121 Å². The van der Waals surface area contributed by atoms with Gasteiger partial charge in [0.2, 0.25) is 11.9 Å². The molecule has 0 radical (unpaired) electrons. The molecule has 1 N–H and O–H groups in total. The van der Waals surface area contributed by atoms with Gasteiger partial charge in [0.15, 0.2) is 0 Å². The van der Waals surface area contributed by atoms with Crippen molar-refractivity contribution in [2.24, 2.45) is 0 Å². The van der Waals surface area contributed by atoms with Crippen molar-refractivity contribution in [3.05, 3.63) is 0 Å². The van der Waals surface area contributed by atoms with Crippen LogP contribution in [0.2, 0.25) is 0 Å². The zero-order valence-electron chi connectivity index (χ0n) is 12.4. The van der Waals surface area contributed by atoms with Crippen LogP contribution in [0.3, 0.4) is 0 Å². The molecule has 0 spiro atoms. The molecule has 0 atom stereocenters. The number of alkyl halides is 3. The number of anilines is 2. The first kappa shape index (κ1) is 17.3. The smallest absolute Gasteiger partial charge is 0.406 e. The normalized spacial score (nSPS) is 11.3. The van der Waals surface area contributed by atoms with E-state index in [2.05, 4.69) is 20.3 Å². The number of nitrogens with one attached hydrogen (secondary N) is 1. The van der Waals surface area contributed by atoms with Crippen LogP contribution < -0.4 is 15.0 Å². The summed E-state index contributed by atoms with van der Waals surface area (Å²) in [4.78, 5) is 12.8. The van der Waals surface area contributed by atoms with Gasteiger partial charge in [-0.25, -0.2) is 0 Å². The van der Waals surface area contributed by atoms with Gasteiger partial charge in [0, 0.05) is 13.6 Å². The molecular formula is C12H20F3N5O. The highest BCUT2D eigenvalue weighted by molar-refractivity contribution is 5.37. The Bertz CT molecular complexity index is 415. The van der Waals surface area contributed by atoms with Gasteiger partial charge < -0.3 is 15.0 Å². The maximum atomic E-state index is 12.4. The van der Waals surface area contributed by atoms with Gasteiger partial charge in [0.25, 0.3) is 0 Å². The van der Waals surface area contributed by atoms with Crippen LogP contribution in [0, 0.1) is 0 Å². The molecule has 1 aromatic rings. The summed E-state index contributed by atoms with van der Waals surface area (Å²) < 4.78 is 42.6. The van der Waals surface area contributed by atoms with E-state index in [1.165, 1.54) is 7.05 Å². The van der Waals surface area contributed by atoms with E-state index in [-0.39, 0.29) is 17.9 Å². The van der Waals surface area contributed by atoms with Crippen molar-refractivity contribution in [1.29, 1.82) is 0 Å². The second kappa shape index (κ2) is 7.84. The molecule has 0 aliphatic heterocycles. The van der Waals surface area contributed by atoms with Crippen molar-refractivity contribution in [2.75, 3.05) is 37.0 Å². The van der Waals surface area contributed by atoms with E-state index in [1.807, 2.05) is 13.8 Å². The summed E-state index contributed by atoms with van der Waals surface area (Å²) in [6.45, 7) is 3.73. The Morgan fingerprint density at radius 3 is 2.43 bits per heavy atom. The van der Waals surface area contributed by atoms with E-state index >= 15 is 0 Å². The van der Waals surface area contributed by atoms with Gasteiger partial charge in [-0.2, -0.15) is 28.1 Å². The van der Waals surface area contributed by atoms with Gasteiger partial charge in [0.05, 0.1) is 6.61 Å². The Kier molecular flexibility index (Phi) is 6.44. The molecule has 9 heteroatoms. The fourth-order valence-corrected chi connectivity index (χ4v) is 1.43. The molecule has 0 bridgehead atoms. The lowest BCUT2D eigenvalue weighted by Crippen LogP contribution is -2.32. The topological polar surface area (TPSA) is 63.2 Å². The van der Waals surface area contributed by atoms with Gasteiger partial charge in [-0.05, 0) is 12.8 Å². The first-order valence-electron chi connectivity index (χ1n) is 6.76. The molecular weight excluding hydrogens is 287 g/mol. The average Bonchev–Trinajstić information content (AvgIpc) is 2.40. The van der Waals surface area contributed by atoms with Crippen LogP contribution in [0.1, 0.15) is 26.7 Å². The van der Waals surface area contributed by atoms with Gasteiger partial charge in [-0.1, -0.05) is 13.8 Å². The molecule has 1 rings (SSSR count). The molecule has 21 heavy (non-hydrogen) atoms. The number of hydrogen-bond donors (Lipinski definition) is 1. The van der Waals surface area contributed by atoms with Crippen molar-refractivity contribution in [1.82, 2.24) is 15.0 Å². The van der Waals surface area contributed by atoms with Crippen LogP contribution in [0.4, 0.5) is 25.1 Å². The summed E-state index contributed by atoms with van der Waals surface area (Å²) in [7, 11) is 1.27. The van der Waals surface area contributed by atoms with Gasteiger partial charge >= 0.3 is 12.2 Å². The molecule has 0 amide bonds. The van der Waals surface area contributed by atoms with Crippen molar-refractivity contribution < 1.29 is 17.9 Å². The Balaban J connectivity index is 2.94. The Hall–Kier alpha value is -1.80. The summed E-state index contributed by atoms with van der Waals surface area (Å²) in [5.41, 5.74) is 0. The highest BCUT2D eigenvalue weighted by Crippen LogP contribution is 2.20. The molecule has 0 fully saturated rings. The molecule has 6 nitrogen and oxygen atoms in total. The van der Waals surface area contributed by atoms with Crippen LogP contribution in [-0.4, -0.2) is 47.9 Å². The lowest BCUT2D eigenvalue weighted by Gasteiger charge is -2.19. The molecule has 0 aromatic carbocycles. The molecule has 0 saturated carbocycles. The first-order chi connectivity index (χ1) is 9.85. The van der Waals surface area contributed by atoms with Crippen molar-refractivity contribution in [3.8, 4) is 6.01 Å². The molecule has 0 saturated heterocycles. The van der Waals surface area contributed by atoms with Crippen molar-refractivity contribution in [3.63, 3.8) is 0 Å². The summed E-state index contributed by atoms with van der Waals surface area (Å²) in [6.07, 6.45) is -2.75. The second-order valence-corrected chi connectivity index (χ2v) is 4.49. The number of nitrogens with zero attached hydrogens (tertiary/aromatic N) is 4.